The quantitative estimate of drug-likeness (QED) is 0.829. The zero-order valence-corrected chi connectivity index (χ0v) is 13.1. The summed E-state index contributed by atoms with van der Waals surface area (Å²) in [6, 6.07) is 11.0. The first-order valence-electron chi connectivity index (χ1n) is 7.38. The van der Waals surface area contributed by atoms with Gasteiger partial charge in [-0.25, -0.2) is 0 Å². The first kappa shape index (κ1) is 16.7. The van der Waals surface area contributed by atoms with Crippen molar-refractivity contribution in [3.8, 4) is 6.07 Å². The Morgan fingerprint density at radius 2 is 1.80 bits per heavy atom. The Labute approximate surface area is 123 Å². The molecule has 110 valence electrons. The molecule has 0 aromatic heterocycles. The van der Waals surface area contributed by atoms with Crippen LogP contribution in [0.3, 0.4) is 0 Å². The summed E-state index contributed by atoms with van der Waals surface area (Å²) in [7, 11) is 0. The molecule has 0 radical (unpaired) electrons. The van der Waals surface area contributed by atoms with Crippen molar-refractivity contribution >= 4 is 0 Å². The zero-order valence-electron chi connectivity index (χ0n) is 13.1. The molecule has 0 saturated heterocycles. The first-order chi connectivity index (χ1) is 9.45. The summed E-state index contributed by atoms with van der Waals surface area (Å²) in [5, 5.41) is 8.87. The largest absolute Gasteiger partial charge is 0.326 e. The van der Waals surface area contributed by atoms with Gasteiger partial charge in [0.15, 0.2) is 0 Å². The lowest BCUT2D eigenvalue weighted by atomic mass is 9.97. The molecule has 0 spiro atoms. The van der Waals surface area contributed by atoms with Crippen molar-refractivity contribution in [1.82, 2.24) is 4.90 Å². The van der Waals surface area contributed by atoms with E-state index in [0.29, 0.717) is 12.3 Å². The molecule has 1 aromatic carbocycles. The van der Waals surface area contributed by atoms with Gasteiger partial charge in [0.05, 0.1) is 6.07 Å². The van der Waals surface area contributed by atoms with Crippen LogP contribution in [0.15, 0.2) is 24.3 Å². The standard InChI is InChI=1S/C17H27N3/c1-13(2)12-20(11-5-10-18)17(15(4)19)16-8-6-14(3)7-9-16/h6-9,13,15,17H,5,11-12,19H2,1-4H3. The lowest BCUT2D eigenvalue weighted by Crippen LogP contribution is -2.41. The van der Waals surface area contributed by atoms with E-state index in [1.54, 1.807) is 0 Å². The van der Waals surface area contributed by atoms with Crippen molar-refractivity contribution in [1.29, 1.82) is 5.26 Å². The van der Waals surface area contributed by atoms with Crippen LogP contribution in [0, 0.1) is 24.2 Å². The SMILES string of the molecule is Cc1ccc(C(C(C)N)N(CCC#N)CC(C)C)cc1. The van der Waals surface area contributed by atoms with Crippen LogP contribution in [0.5, 0.6) is 0 Å². The molecule has 1 rings (SSSR count). The predicted molar refractivity (Wildman–Crippen MR) is 84.2 cm³/mol. The number of nitrogens with zero attached hydrogens (tertiary/aromatic N) is 2. The highest BCUT2D eigenvalue weighted by atomic mass is 15.2. The number of hydrogen-bond acceptors (Lipinski definition) is 3. The average Bonchev–Trinajstić information content (AvgIpc) is 2.37. The number of rotatable bonds is 7. The van der Waals surface area contributed by atoms with E-state index >= 15 is 0 Å². The third-order valence-corrected chi connectivity index (χ3v) is 3.42. The summed E-state index contributed by atoms with van der Waals surface area (Å²) in [6.45, 7) is 10.3. The van der Waals surface area contributed by atoms with Crippen LogP contribution >= 0.6 is 0 Å². The molecule has 2 atom stereocenters. The molecule has 2 N–H and O–H groups in total. The maximum Gasteiger partial charge on any atom is 0.0635 e. The zero-order chi connectivity index (χ0) is 15.1. The van der Waals surface area contributed by atoms with Crippen LogP contribution in [0.1, 0.15) is 44.4 Å². The fourth-order valence-corrected chi connectivity index (χ4v) is 2.62. The lowest BCUT2D eigenvalue weighted by Gasteiger charge is -2.35. The van der Waals surface area contributed by atoms with Gasteiger partial charge in [-0.05, 0) is 25.3 Å². The van der Waals surface area contributed by atoms with Gasteiger partial charge in [-0.15, -0.1) is 0 Å². The molecule has 20 heavy (non-hydrogen) atoms. The molecular weight excluding hydrogens is 246 g/mol. The Bertz CT molecular complexity index is 429. The van der Waals surface area contributed by atoms with Crippen LogP contribution in [-0.2, 0) is 0 Å². The Morgan fingerprint density at radius 3 is 2.25 bits per heavy atom. The van der Waals surface area contributed by atoms with Crippen LogP contribution < -0.4 is 5.73 Å². The lowest BCUT2D eigenvalue weighted by molar-refractivity contribution is 0.160. The molecule has 1 aromatic rings. The fourth-order valence-electron chi connectivity index (χ4n) is 2.62. The second-order valence-electron chi connectivity index (χ2n) is 6.01. The predicted octanol–water partition coefficient (Wildman–Crippen LogP) is 3.26. The second-order valence-corrected chi connectivity index (χ2v) is 6.01. The minimum absolute atomic E-state index is 0.0372. The van der Waals surface area contributed by atoms with Crippen molar-refractivity contribution in [3.05, 3.63) is 35.4 Å². The van der Waals surface area contributed by atoms with E-state index < -0.39 is 0 Å². The molecule has 0 bridgehead atoms. The van der Waals surface area contributed by atoms with Gasteiger partial charge in [-0.1, -0.05) is 43.7 Å². The molecule has 0 saturated carbocycles. The molecular formula is C17H27N3. The minimum Gasteiger partial charge on any atom is -0.326 e. The molecule has 2 unspecified atom stereocenters. The molecule has 0 aliphatic carbocycles. The highest BCUT2D eigenvalue weighted by Crippen LogP contribution is 2.25. The van der Waals surface area contributed by atoms with Crippen molar-refractivity contribution in [2.75, 3.05) is 13.1 Å². The second kappa shape index (κ2) is 8.04. The van der Waals surface area contributed by atoms with Crippen molar-refractivity contribution < 1.29 is 0 Å². The molecule has 0 fully saturated rings. The summed E-state index contributed by atoms with van der Waals surface area (Å²) in [5.41, 5.74) is 8.72. The maximum atomic E-state index is 8.87. The van der Waals surface area contributed by atoms with Gasteiger partial charge in [-0.3, -0.25) is 4.90 Å². The topological polar surface area (TPSA) is 53.0 Å². The Balaban J connectivity index is 3.00. The summed E-state index contributed by atoms with van der Waals surface area (Å²) in [6.07, 6.45) is 0.543. The maximum absolute atomic E-state index is 8.87. The number of nitriles is 1. The Hall–Kier alpha value is -1.37. The van der Waals surface area contributed by atoms with Gasteiger partial charge < -0.3 is 5.73 Å². The summed E-state index contributed by atoms with van der Waals surface area (Å²) >= 11 is 0. The van der Waals surface area contributed by atoms with Crippen LogP contribution in [-0.4, -0.2) is 24.0 Å². The van der Waals surface area contributed by atoms with Gasteiger partial charge >= 0.3 is 0 Å². The van der Waals surface area contributed by atoms with E-state index in [1.807, 2.05) is 6.92 Å². The van der Waals surface area contributed by atoms with E-state index in [-0.39, 0.29) is 12.1 Å². The Morgan fingerprint density at radius 1 is 1.20 bits per heavy atom. The number of benzene rings is 1. The number of aryl methyl sites for hydroxylation is 1. The van der Waals surface area contributed by atoms with Crippen LogP contribution in [0.2, 0.25) is 0 Å². The smallest absolute Gasteiger partial charge is 0.0635 e. The summed E-state index contributed by atoms with van der Waals surface area (Å²) in [5.74, 6) is 0.556. The van der Waals surface area contributed by atoms with E-state index in [1.165, 1.54) is 11.1 Å². The van der Waals surface area contributed by atoms with Gasteiger partial charge in [0, 0.05) is 31.6 Å². The highest BCUT2D eigenvalue weighted by Gasteiger charge is 2.24. The first-order valence-corrected chi connectivity index (χ1v) is 7.38. The van der Waals surface area contributed by atoms with E-state index in [0.717, 1.165) is 13.1 Å². The van der Waals surface area contributed by atoms with Crippen LogP contribution in [0.4, 0.5) is 0 Å². The van der Waals surface area contributed by atoms with Crippen molar-refractivity contribution in [2.45, 2.75) is 46.2 Å². The molecule has 3 nitrogen and oxygen atoms in total. The third-order valence-electron chi connectivity index (χ3n) is 3.42. The highest BCUT2D eigenvalue weighted by molar-refractivity contribution is 5.25. The monoisotopic (exact) mass is 273 g/mol. The van der Waals surface area contributed by atoms with E-state index in [4.69, 9.17) is 11.0 Å². The van der Waals surface area contributed by atoms with Gasteiger partial charge in [-0.2, -0.15) is 5.26 Å². The minimum atomic E-state index is 0.0372. The van der Waals surface area contributed by atoms with Crippen LogP contribution in [0.25, 0.3) is 0 Å². The molecule has 0 amide bonds. The van der Waals surface area contributed by atoms with Gasteiger partial charge in [0.2, 0.25) is 0 Å². The van der Waals surface area contributed by atoms with Gasteiger partial charge in [0.1, 0.15) is 0 Å². The fraction of sp³-hybridized carbons (Fsp3) is 0.588. The molecule has 3 heteroatoms. The van der Waals surface area contributed by atoms with E-state index in [2.05, 4.69) is 56.0 Å². The normalized spacial score (nSPS) is 14.3. The van der Waals surface area contributed by atoms with E-state index in [9.17, 15) is 0 Å². The Kier molecular flexibility index (Phi) is 6.70. The molecule has 0 aliphatic rings. The van der Waals surface area contributed by atoms with Crippen molar-refractivity contribution in [3.63, 3.8) is 0 Å². The van der Waals surface area contributed by atoms with Gasteiger partial charge in [0.25, 0.3) is 0 Å². The third kappa shape index (κ3) is 4.96. The van der Waals surface area contributed by atoms with Crippen molar-refractivity contribution in [2.24, 2.45) is 11.7 Å². The average molecular weight is 273 g/mol. The molecule has 0 heterocycles. The molecule has 0 aliphatic heterocycles. The summed E-state index contributed by atoms with van der Waals surface area (Å²) in [4.78, 5) is 2.35. The number of hydrogen-bond donors (Lipinski definition) is 1. The number of nitrogens with two attached hydrogens (primary N) is 1. The summed E-state index contributed by atoms with van der Waals surface area (Å²) < 4.78 is 0.